The van der Waals surface area contributed by atoms with Gasteiger partial charge in [0.2, 0.25) is 11.8 Å². The Labute approximate surface area is 147 Å². The fourth-order valence-electron chi connectivity index (χ4n) is 4.22. The number of ether oxygens (including phenoxy) is 2. The second-order valence-electron chi connectivity index (χ2n) is 7.46. The van der Waals surface area contributed by atoms with Gasteiger partial charge in [-0.05, 0) is 48.4 Å². The minimum atomic E-state index is -0.142. The van der Waals surface area contributed by atoms with E-state index in [1.807, 2.05) is 23.1 Å². The predicted molar refractivity (Wildman–Crippen MR) is 91.6 cm³/mol. The molecule has 0 saturated carbocycles. The molecule has 6 nitrogen and oxygen atoms in total. The van der Waals surface area contributed by atoms with Crippen LogP contribution in [0.25, 0.3) is 0 Å². The van der Waals surface area contributed by atoms with Crippen molar-refractivity contribution in [1.29, 1.82) is 0 Å². The van der Waals surface area contributed by atoms with Gasteiger partial charge in [0.1, 0.15) is 18.1 Å². The fraction of sp³-hybridized carbons (Fsp3) is 0.579. The van der Waals surface area contributed by atoms with Gasteiger partial charge in [0, 0.05) is 26.1 Å². The van der Waals surface area contributed by atoms with Crippen LogP contribution in [0.1, 0.15) is 24.8 Å². The van der Waals surface area contributed by atoms with Gasteiger partial charge in [-0.2, -0.15) is 0 Å². The van der Waals surface area contributed by atoms with E-state index in [2.05, 4.69) is 5.32 Å². The quantitative estimate of drug-likeness (QED) is 0.880. The minimum absolute atomic E-state index is 0.0664. The average Bonchev–Trinajstić information content (AvgIpc) is 3.01. The predicted octanol–water partition coefficient (Wildman–Crippen LogP) is 1.37. The lowest BCUT2D eigenvalue weighted by atomic mass is 9.77. The van der Waals surface area contributed by atoms with E-state index >= 15 is 0 Å². The molecule has 2 amide bonds. The molecule has 1 N–H and O–H groups in total. The molecule has 2 fully saturated rings. The second-order valence-corrected chi connectivity index (χ2v) is 7.46. The van der Waals surface area contributed by atoms with Crippen molar-refractivity contribution >= 4 is 11.8 Å². The van der Waals surface area contributed by atoms with Crippen LogP contribution in [0, 0.1) is 11.3 Å². The van der Waals surface area contributed by atoms with Crippen molar-refractivity contribution in [2.24, 2.45) is 11.3 Å². The van der Waals surface area contributed by atoms with E-state index in [9.17, 15) is 9.59 Å². The van der Waals surface area contributed by atoms with Gasteiger partial charge in [0.25, 0.3) is 0 Å². The van der Waals surface area contributed by atoms with Crippen LogP contribution < -0.4 is 14.8 Å². The molecule has 3 heterocycles. The molecule has 1 atom stereocenters. The van der Waals surface area contributed by atoms with Gasteiger partial charge >= 0.3 is 0 Å². The number of hydrogen-bond donors (Lipinski definition) is 1. The molecule has 1 spiro atoms. The zero-order valence-electron chi connectivity index (χ0n) is 14.5. The first-order valence-corrected chi connectivity index (χ1v) is 8.94. The van der Waals surface area contributed by atoms with E-state index in [-0.39, 0.29) is 23.1 Å². The summed E-state index contributed by atoms with van der Waals surface area (Å²) >= 11 is 0. The van der Waals surface area contributed by atoms with E-state index in [4.69, 9.17) is 9.47 Å². The van der Waals surface area contributed by atoms with Gasteiger partial charge in [-0.15, -0.1) is 0 Å². The number of likely N-dealkylation sites (tertiary alicyclic amines) is 1. The molecular weight excluding hydrogens is 320 g/mol. The largest absolute Gasteiger partial charge is 0.497 e. The first-order chi connectivity index (χ1) is 12.1. The van der Waals surface area contributed by atoms with E-state index < -0.39 is 0 Å². The number of fused-ring (bicyclic) bond motifs is 1. The first kappa shape index (κ1) is 16.2. The molecule has 2 saturated heterocycles. The molecule has 0 radical (unpaired) electrons. The summed E-state index contributed by atoms with van der Waals surface area (Å²) in [4.78, 5) is 26.4. The Hall–Kier alpha value is -2.24. The van der Waals surface area contributed by atoms with Crippen molar-refractivity contribution in [3.63, 3.8) is 0 Å². The van der Waals surface area contributed by atoms with Gasteiger partial charge in [-0.1, -0.05) is 0 Å². The van der Waals surface area contributed by atoms with Gasteiger partial charge in [0.15, 0.2) is 0 Å². The highest BCUT2D eigenvalue weighted by Crippen LogP contribution is 2.38. The highest BCUT2D eigenvalue weighted by molar-refractivity contribution is 5.81. The number of hydrogen-bond acceptors (Lipinski definition) is 4. The summed E-state index contributed by atoms with van der Waals surface area (Å²) in [5.74, 6) is 1.80. The van der Waals surface area contributed by atoms with Gasteiger partial charge in [0.05, 0.1) is 13.0 Å². The SMILES string of the molecule is COc1ccc2c(c1)C[C@@H](C(=O)N1CCC3(CC1)CNC(=O)C3)CO2. The van der Waals surface area contributed by atoms with Crippen LogP contribution in [0.15, 0.2) is 18.2 Å². The summed E-state index contributed by atoms with van der Waals surface area (Å²) in [7, 11) is 1.64. The standard InChI is InChI=1S/C19H24N2O4/c1-24-15-2-3-16-13(9-15)8-14(11-25-16)18(23)21-6-4-19(5-7-21)10-17(22)20-12-19/h2-3,9,14H,4-8,10-12H2,1H3,(H,20,22)/t14-/m1/s1. The smallest absolute Gasteiger partial charge is 0.229 e. The number of rotatable bonds is 2. The molecule has 0 aromatic heterocycles. The third kappa shape index (κ3) is 3.05. The minimum Gasteiger partial charge on any atom is -0.497 e. The highest BCUT2D eigenvalue weighted by atomic mass is 16.5. The zero-order chi connectivity index (χ0) is 17.4. The number of carbonyl (C=O) groups excluding carboxylic acids is 2. The van der Waals surface area contributed by atoms with Crippen molar-refractivity contribution in [2.45, 2.75) is 25.7 Å². The zero-order valence-corrected chi connectivity index (χ0v) is 14.5. The third-order valence-corrected chi connectivity index (χ3v) is 5.86. The number of carbonyl (C=O) groups is 2. The van der Waals surface area contributed by atoms with Gasteiger partial charge in [-0.3, -0.25) is 9.59 Å². The Morgan fingerprint density at radius 3 is 2.84 bits per heavy atom. The topological polar surface area (TPSA) is 67.9 Å². The summed E-state index contributed by atoms with van der Waals surface area (Å²) in [6.07, 6.45) is 3.09. The van der Waals surface area contributed by atoms with Crippen molar-refractivity contribution in [3.05, 3.63) is 23.8 Å². The molecule has 4 rings (SSSR count). The van der Waals surface area contributed by atoms with Crippen LogP contribution in [-0.4, -0.2) is 50.1 Å². The molecule has 134 valence electrons. The second kappa shape index (κ2) is 6.24. The average molecular weight is 344 g/mol. The van der Waals surface area contributed by atoms with Gasteiger partial charge < -0.3 is 19.7 Å². The Balaban J connectivity index is 1.40. The summed E-state index contributed by atoms with van der Waals surface area (Å²) in [6.45, 7) is 2.65. The highest BCUT2D eigenvalue weighted by Gasteiger charge is 2.42. The van der Waals surface area contributed by atoms with Crippen LogP contribution in [-0.2, 0) is 16.0 Å². The summed E-state index contributed by atoms with van der Waals surface area (Å²) < 4.78 is 11.1. The monoisotopic (exact) mass is 344 g/mol. The molecule has 25 heavy (non-hydrogen) atoms. The Morgan fingerprint density at radius 1 is 1.36 bits per heavy atom. The van der Waals surface area contributed by atoms with Crippen LogP contribution >= 0.6 is 0 Å². The number of nitrogens with zero attached hydrogens (tertiary/aromatic N) is 1. The third-order valence-electron chi connectivity index (χ3n) is 5.86. The molecule has 0 unspecified atom stereocenters. The maximum absolute atomic E-state index is 12.9. The normalized spacial score (nSPS) is 24.4. The molecule has 0 bridgehead atoms. The van der Waals surface area contributed by atoms with Gasteiger partial charge in [-0.25, -0.2) is 0 Å². The lowest BCUT2D eigenvalue weighted by Crippen LogP contribution is -2.48. The molecule has 3 aliphatic rings. The molecular formula is C19H24N2O4. The number of piperidine rings is 1. The van der Waals surface area contributed by atoms with Crippen LogP contribution in [0.5, 0.6) is 11.5 Å². The molecule has 0 aliphatic carbocycles. The van der Waals surface area contributed by atoms with E-state index in [1.54, 1.807) is 7.11 Å². The lowest BCUT2D eigenvalue weighted by Gasteiger charge is -2.40. The van der Waals surface area contributed by atoms with E-state index in [0.717, 1.165) is 49.5 Å². The molecule has 6 heteroatoms. The fourth-order valence-corrected chi connectivity index (χ4v) is 4.22. The Bertz CT molecular complexity index is 695. The van der Waals surface area contributed by atoms with E-state index in [1.165, 1.54) is 0 Å². The maximum atomic E-state index is 12.9. The van der Waals surface area contributed by atoms with Crippen molar-refractivity contribution < 1.29 is 19.1 Å². The van der Waals surface area contributed by atoms with Crippen molar-refractivity contribution in [1.82, 2.24) is 10.2 Å². The summed E-state index contributed by atoms with van der Waals surface area (Å²) in [5.41, 5.74) is 1.10. The maximum Gasteiger partial charge on any atom is 0.229 e. The van der Waals surface area contributed by atoms with Crippen molar-refractivity contribution in [3.8, 4) is 11.5 Å². The number of nitrogens with one attached hydrogen (secondary N) is 1. The lowest BCUT2D eigenvalue weighted by molar-refractivity contribution is -0.139. The van der Waals surface area contributed by atoms with Crippen LogP contribution in [0.3, 0.4) is 0 Å². The molecule has 3 aliphatic heterocycles. The molecule has 1 aromatic carbocycles. The number of methoxy groups -OCH3 is 1. The molecule has 1 aromatic rings. The summed E-state index contributed by atoms with van der Waals surface area (Å²) in [6, 6.07) is 5.74. The first-order valence-electron chi connectivity index (χ1n) is 8.94. The number of amides is 2. The van der Waals surface area contributed by atoms with Crippen molar-refractivity contribution in [2.75, 3.05) is 33.4 Å². The Morgan fingerprint density at radius 2 is 2.16 bits per heavy atom. The Kier molecular flexibility index (Phi) is 4.06. The van der Waals surface area contributed by atoms with E-state index in [0.29, 0.717) is 19.4 Å². The number of benzene rings is 1. The summed E-state index contributed by atoms with van der Waals surface area (Å²) in [5, 5.41) is 2.94. The van der Waals surface area contributed by atoms with Crippen LogP contribution in [0.4, 0.5) is 0 Å². The van der Waals surface area contributed by atoms with Crippen LogP contribution in [0.2, 0.25) is 0 Å².